The maximum absolute atomic E-state index is 14.2. The molecule has 0 unspecified atom stereocenters. The lowest BCUT2D eigenvalue weighted by molar-refractivity contribution is -0.131. The van der Waals surface area contributed by atoms with Gasteiger partial charge >= 0.3 is 0 Å². The van der Waals surface area contributed by atoms with E-state index in [-0.39, 0.29) is 17.7 Å². The third kappa shape index (κ3) is 4.15. The van der Waals surface area contributed by atoms with Gasteiger partial charge in [-0.15, -0.1) is 0 Å². The molecule has 2 aliphatic heterocycles. The monoisotopic (exact) mass is 556 g/mol. The number of benzene rings is 1. The van der Waals surface area contributed by atoms with Crippen LogP contribution < -0.4 is 0 Å². The molecule has 0 atom stereocenters. The van der Waals surface area contributed by atoms with Crippen LogP contribution in [0, 0.1) is 11.6 Å². The highest BCUT2D eigenvalue weighted by Crippen LogP contribution is 2.34. The maximum atomic E-state index is 14.2. The van der Waals surface area contributed by atoms with Gasteiger partial charge in [0.15, 0.2) is 17.3 Å². The minimum absolute atomic E-state index is 0.0913. The predicted octanol–water partition coefficient (Wildman–Crippen LogP) is 4.24. The fraction of sp³-hybridized carbons (Fsp3) is 0.522. The Morgan fingerprint density at radius 2 is 1.84 bits per heavy atom. The molecule has 1 fully saturated rings. The van der Waals surface area contributed by atoms with Gasteiger partial charge < -0.3 is 9.80 Å². The molecule has 1 aromatic heterocycles. The summed E-state index contributed by atoms with van der Waals surface area (Å²) in [5.41, 5.74) is 3.61. The number of hydrogen-bond donors (Lipinski definition) is 0. The van der Waals surface area contributed by atoms with Gasteiger partial charge in [0.25, 0.3) is 5.91 Å². The SMILES string of the molecule is CCC(=O)N1CCc2c(C(=O)N3CCC(c4ccc(F)c(F)c4CC)CC3)nn(I)c2C1. The zero-order valence-corrected chi connectivity index (χ0v) is 20.5. The summed E-state index contributed by atoms with van der Waals surface area (Å²) in [4.78, 5) is 29.0. The van der Waals surface area contributed by atoms with E-state index < -0.39 is 11.6 Å². The minimum Gasteiger partial charge on any atom is -0.337 e. The van der Waals surface area contributed by atoms with Crippen molar-refractivity contribution in [3.8, 4) is 0 Å². The molecular formula is C23H27F2IN4O2. The second-order valence-corrected chi connectivity index (χ2v) is 9.32. The largest absolute Gasteiger partial charge is 0.337 e. The molecule has 4 rings (SSSR count). The lowest BCUT2D eigenvalue weighted by atomic mass is 9.85. The quantitative estimate of drug-likeness (QED) is 0.530. The van der Waals surface area contributed by atoms with Crippen LogP contribution in [-0.4, -0.2) is 49.2 Å². The molecule has 1 saturated heterocycles. The van der Waals surface area contributed by atoms with E-state index in [0.717, 1.165) is 16.8 Å². The van der Waals surface area contributed by atoms with Gasteiger partial charge in [-0.1, -0.05) is 19.9 Å². The van der Waals surface area contributed by atoms with Crippen LogP contribution in [0.25, 0.3) is 0 Å². The number of likely N-dealkylation sites (tertiary alicyclic amines) is 1. The number of carbonyl (C=O) groups excluding carboxylic acids is 2. The van der Waals surface area contributed by atoms with Crippen LogP contribution in [0.15, 0.2) is 12.1 Å². The lowest BCUT2D eigenvalue weighted by Crippen LogP contribution is -2.39. The Balaban J connectivity index is 1.47. The van der Waals surface area contributed by atoms with E-state index in [0.29, 0.717) is 69.5 Å². The van der Waals surface area contributed by atoms with Crippen molar-refractivity contribution in [2.45, 2.75) is 58.4 Å². The number of rotatable bonds is 4. The van der Waals surface area contributed by atoms with Gasteiger partial charge in [0.1, 0.15) is 0 Å². The van der Waals surface area contributed by atoms with E-state index in [4.69, 9.17) is 0 Å². The van der Waals surface area contributed by atoms with E-state index in [2.05, 4.69) is 28.0 Å². The summed E-state index contributed by atoms with van der Waals surface area (Å²) in [7, 11) is 0. The summed E-state index contributed by atoms with van der Waals surface area (Å²) >= 11 is 2.07. The predicted molar refractivity (Wildman–Crippen MR) is 125 cm³/mol. The zero-order chi connectivity index (χ0) is 23.0. The third-order valence-corrected chi connectivity index (χ3v) is 7.48. The average Bonchev–Trinajstić information content (AvgIpc) is 3.15. The molecule has 0 aliphatic carbocycles. The van der Waals surface area contributed by atoms with Crippen LogP contribution >= 0.6 is 22.9 Å². The smallest absolute Gasteiger partial charge is 0.274 e. The number of fused-ring (bicyclic) bond motifs is 1. The van der Waals surface area contributed by atoms with Gasteiger partial charge in [0.2, 0.25) is 5.91 Å². The van der Waals surface area contributed by atoms with Crippen LogP contribution in [0.3, 0.4) is 0 Å². The van der Waals surface area contributed by atoms with Gasteiger partial charge in [-0.25, -0.2) is 11.7 Å². The number of halogens is 3. The topological polar surface area (TPSA) is 58.4 Å². The molecule has 2 aliphatic rings. The molecule has 3 heterocycles. The second-order valence-electron chi connectivity index (χ2n) is 8.40. The lowest BCUT2D eigenvalue weighted by Gasteiger charge is -2.33. The van der Waals surface area contributed by atoms with Crippen LogP contribution in [0.2, 0.25) is 0 Å². The highest BCUT2D eigenvalue weighted by molar-refractivity contribution is 14.1. The van der Waals surface area contributed by atoms with Crippen LogP contribution in [0.4, 0.5) is 8.78 Å². The van der Waals surface area contributed by atoms with Gasteiger partial charge in [0.05, 0.1) is 35.1 Å². The molecule has 0 spiro atoms. The van der Waals surface area contributed by atoms with Crippen molar-refractivity contribution < 1.29 is 18.4 Å². The first kappa shape index (κ1) is 23.1. The summed E-state index contributed by atoms with van der Waals surface area (Å²) < 4.78 is 29.6. The fourth-order valence-corrected chi connectivity index (χ4v) is 5.54. The second kappa shape index (κ2) is 9.44. The van der Waals surface area contributed by atoms with Crippen LogP contribution in [0.1, 0.15) is 71.9 Å². The molecule has 6 nitrogen and oxygen atoms in total. The van der Waals surface area contributed by atoms with Crippen molar-refractivity contribution in [3.63, 3.8) is 0 Å². The van der Waals surface area contributed by atoms with Gasteiger partial charge in [0, 0.05) is 31.6 Å². The van der Waals surface area contributed by atoms with Crippen molar-refractivity contribution in [2.75, 3.05) is 19.6 Å². The first-order valence-corrected chi connectivity index (χ1v) is 12.1. The first-order chi connectivity index (χ1) is 15.3. The number of nitrogens with zero attached hydrogens (tertiary/aromatic N) is 4. The average molecular weight is 556 g/mol. The van der Waals surface area contributed by atoms with E-state index >= 15 is 0 Å². The Morgan fingerprint density at radius 3 is 2.50 bits per heavy atom. The normalized spacial score (nSPS) is 16.9. The molecule has 0 bridgehead atoms. The molecule has 0 N–H and O–H groups in total. The van der Waals surface area contributed by atoms with Gasteiger partial charge in [-0.05, 0) is 48.8 Å². The number of piperidine rings is 1. The Labute approximate surface area is 200 Å². The highest BCUT2D eigenvalue weighted by Gasteiger charge is 2.33. The van der Waals surface area contributed by atoms with E-state index in [1.807, 2.05) is 23.6 Å². The highest BCUT2D eigenvalue weighted by atomic mass is 127. The molecule has 1 aromatic carbocycles. The van der Waals surface area contributed by atoms with E-state index in [1.54, 1.807) is 8.96 Å². The van der Waals surface area contributed by atoms with E-state index in [1.165, 1.54) is 6.07 Å². The van der Waals surface area contributed by atoms with Crippen molar-refractivity contribution >= 4 is 34.7 Å². The molecule has 2 amide bonds. The molecule has 32 heavy (non-hydrogen) atoms. The number of aromatic nitrogens is 2. The van der Waals surface area contributed by atoms with Crippen LogP contribution in [-0.2, 0) is 24.2 Å². The van der Waals surface area contributed by atoms with Crippen molar-refractivity contribution in [1.29, 1.82) is 0 Å². The number of amides is 2. The summed E-state index contributed by atoms with van der Waals surface area (Å²) in [5, 5.41) is 4.50. The molecule has 2 aromatic rings. The summed E-state index contributed by atoms with van der Waals surface area (Å²) in [6, 6.07) is 2.89. The van der Waals surface area contributed by atoms with E-state index in [9.17, 15) is 18.4 Å². The standard InChI is InChI=1S/C23H27F2IN4O2/c1-3-15-16(5-6-18(24)21(15)25)14-7-10-28(11-8-14)23(32)22-17-9-12-29(20(31)4-2)13-19(17)30(26)27-22/h5-6,14H,3-4,7-13H2,1-2H3. The minimum atomic E-state index is -0.809. The summed E-state index contributed by atoms with van der Waals surface area (Å²) in [5.74, 6) is -1.44. The maximum Gasteiger partial charge on any atom is 0.274 e. The Kier molecular flexibility index (Phi) is 6.83. The molecular weight excluding hydrogens is 529 g/mol. The number of carbonyl (C=O) groups is 2. The van der Waals surface area contributed by atoms with Crippen molar-refractivity contribution in [1.82, 2.24) is 17.8 Å². The molecule has 9 heteroatoms. The Hall–Kier alpha value is -2.04. The fourth-order valence-electron chi connectivity index (χ4n) is 4.88. The van der Waals surface area contributed by atoms with Crippen molar-refractivity contribution in [2.24, 2.45) is 0 Å². The van der Waals surface area contributed by atoms with Crippen LogP contribution in [0.5, 0.6) is 0 Å². The Bertz CT molecular complexity index is 1050. The number of hydrogen-bond acceptors (Lipinski definition) is 3. The van der Waals surface area contributed by atoms with Gasteiger partial charge in [-0.2, -0.15) is 5.10 Å². The Morgan fingerprint density at radius 1 is 1.12 bits per heavy atom. The molecule has 172 valence electrons. The van der Waals surface area contributed by atoms with Gasteiger partial charge in [-0.3, -0.25) is 9.59 Å². The molecule has 0 saturated carbocycles. The third-order valence-electron chi connectivity index (χ3n) is 6.68. The first-order valence-electron chi connectivity index (χ1n) is 11.2. The zero-order valence-electron chi connectivity index (χ0n) is 18.3. The summed E-state index contributed by atoms with van der Waals surface area (Å²) in [6.45, 7) is 5.85. The molecule has 0 radical (unpaired) electrons. The van der Waals surface area contributed by atoms with Crippen molar-refractivity contribution in [3.05, 3.63) is 51.8 Å². The summed E-state index contributed by atoms with van der Waals surface area (Å²) in [6.07, 6.45) is 2.93.